The molecule has 1 amide bonds. The Morgan fingerprint density at radius 1 is 1.41 bits per heavy atom. The second-order valence-corrected chi connectivity index (χ2v) is 7.78. The fourth-order valence-corrected chi connectivity index (χ4v) is 2.59. The van der Waals surface area contributed by atoms with Gasteiger partial charge in [0.25, 0.3) is 0 Å². The van der Waals surface area contributed by atoms with Crippen LogP contribution in [0.15, 0.2) is 23.5 Å². The number of aliphatic imine (C=N–C) groups is 1. The van der Waals surface area contributed by atoms with Gasteiger partial charge in [-0.1, -0.05) is 6.92 Å². The van der Waals surface area contributed by atoms with Crippen LogP contribution in [0.2, 0.25) is 0 Å². The maximum absolute atomic E-state index is 12.0. The fourth-order valence-electron chi connectivity index (χ4n) is 2.59. The highest BCUT2D eigenvalue weighted by molar-refractivity contribution is 14.0. The molecule has 154 valence electrons. The second kappa shape index (κ2) is 10.7. The van der Waals surface area contributed by atoms with Crippen molar-refractivity contribution in [3.8, 4) is 0 Å². The minimum atomic E-state index is -0.462. The molecule has 8 nitrogen and oxygen atoms in total. The first-order chi connectivity index (χ1) is 12.3. The number of ether oxygens (including phenoxy) is 1. The number of carbonyl (C=O) groups excluding carboxylic acids is 1. The van der Waals surface area contributed by atoms with E-state index in [0.717, 1.165) is 19.0 Å². The van der Waals surface area contributed by atoms with Crippen molar-refractivity contribution in [2.75, 3.05) is 26.2 Å². The smallest absolute Gasteiger partial charge is 0.410 e. The van der Waals surface area contributed by atoms with Gasteiger partial charge in [0.1, 0.15) is 5.60 Å². The first-order valence-corrected chi connectivity index (χ1v) is 9.27. The number of carbonyl (C=O) groups is 1. The van der Waals surface area contributed by atoms with Crippen LogP contribution in [0.25, 0.3) is 0 Å². The van der Waals surface area contributed by atoms with Gasteiger partial charge < -0.3 is 20.3 Å². The van der Waals surface area contributed by atoms with Gasteiger partial charge in [0, 0.05) is 45.1 Å². The van der Waals surface area contributed by atoms with Crippen molar-refractivity contribution in [2.45, 2.75) is 52.8 Å². The zero-order valence-corrected chi connectivity index (χ0v) is 19.3. The number of guanidine groups is 1. The van der Waals surface area contributed by atoms with Crippen LogP contribution in [0.5, 0.6) is 0 Å². The maximum Gasteiger partial charge on any atom is 0.410 e. The summed E-state index contributed by atoms with van der Waals surface area (Å²) in [4.78, 5) is 18.4. The van der Waals surface area contributed by atoms with Crippen molar-refractivity contribution in [3.63, 3.8) is 0 Å². The van der Waals surface area contributed by atoms with Crippen molar-refractivity contribution < 1.29 is 9.53 Å². The van der Waals surface area contributed by atoms with E-state index in [0.29, 0.717) is 25.6 Å². The average molecular weight is 492 g/mol. The van der Waals surface area contributed by atoms with E-state index in [1.54, 1.807) is 11.1 Å². The molecule has 1 aromatic heterocycles. The normalized spacial score (nSPS) is 16.2. The van der Waals surface area contributed by atoms with Crippen LogP contribution < -0.4 is 10.6 Å². The summed E-state index contributed by atoms with van der Waals surface area (Å²) in [5, 5.41) is 10.9. The molecule has 1 atom stereocenters. The van der Waals surface area contributed by atoms with E-state index < -0.39 is 5.60 Å². The average Bonchev–Trinajstić information content (AvgIpc) is 2.98. The molecule has 0 radical (unpaired) electrons. The van der Waals surface area contributed by atoms with Gasteiger partial charge >= 0.3 is 6.09 Å². The first kappa shape index (κ1) is 23.5. The highest BCUT2D eigenvalue weighted by Gasteiger charge is 2.34. The van der Waals surface area contributed by atoms with E-state index in [2.05, 4.69) is 27.6 Å². The standard InChI is InChI=1S/C18H32N6O2.HI/c1-6-19-16(20-10-14(2)11-24-9-7-8-21-24)22-15-12-23(13-15)17(25)26-18(3,4)5;/h7-9,14-15H,6,10-13H2,1-5H3,(H2,19,20,22);1H. The molecule has 2 rings (SSSR count). The van der Waals surface area contributed by atoms with Crippen molar-refractivity contribution in [1.82, 2.24) is 25.3 Å². The third-order valence-corrected chi connectivity index (χ3v) is 3.84. The lowest BCUT2D eigenvalue weighted by Crippen LogP contribution is -2.63. The Kier molecular flexibility index (Phi) is 9.34. The topological polar surface area (TPSA) is 83.8 Å². The summed E-state index contributed by atoms with van der Waals surface area (Å²) < 4.78 is 7.30. The number of nitrogens with one attached hydrogen (secondary N) is 2. The lowest BCUT2D eigenvalue weighted by atomic mass is 10.1. The maximum atomic E-state index is 12.0. The lowest BCUT2D eigenvalue weighted by Gasteiger charge is -2.40. The van der Waals surface area contributed by atoms with Gasteiger partial charge in [-0.3, -0.25) is 9.67 Å². The number of aromatic nitrogens is 2. The predicted molar refractivity (Wildman–Crippen MR) is 118 cm³/mol. The molecule has 0 bridgehead atoms. The molecule has 0 saturated carbocycles. The molecule has 1 unspecified atom stereocenters. The number of hydrogen-bond donors (Lipinski definition) is 2. The Balaban J connectivity index is 0.00000364. The molecule has 0 aromatic carbocycles. The summed E-state index contributed by atoms with van der Waals surface area (Å²) in [7, 11) is 0. The quantitative estimate of drug-likeness (QED) is 0.362. The van der Waals surface area contributed by atoms with E-state index in [-0.39, 0.29) is 36.1 Å². The highest BCUT2D eigenvalue weighted by Crippen LogP contribution is 2.15. The molecule has 0 spiro atoms. The number of nitrogens with zero attached hydrogens (tertiary/aromatic N) is 4. The monoisotopic (exact) mass is 492 g/mol. The van der Waals surface area contributed by atoms with E-state index in [1.165, 1.54) is 0 Å². The minimum Gasteiger partial charge on any atom is -0.444 e. The molecular weight excluding hydrogens is 459 g/mol. The molecule has 1 aromatic rings. The molecule has 2 N–H and O–H groups in total. The first-order valence-electron chi connectivity index (χ1n) is 9.27. The van der Waals surface area contributed by atoms with Gasteiger partial charge in [-0.25, -0.2) is 4.79 Å². The van der Waals surface area contributed by atoms with Gasteiger partial charge in [-0.15, -0.1) is 24.0 Å². The van der Waals surface area contributed by atoms with Crippen LogP contribution in [0.1, 0.15) is 34.6 Å². The molecule has 1 saturated heterocycles. The molecule has 9 heteroatoms. The van der Waals surface area contributed by atoms with Gasteiger partial charge in [0.2, 0.25) is 0 Å². The van der Waals surface area contributed by atoms with Gasteiger partial charge in [0.05, 0.1) is 6.04 Å². The summed E-state index contributed by atoms with van der Waals surface area (Å²) in [6.07, 6.45) is 3.49. The Bertz CT molecular complexity index is 593. The Hall–Kier alpha value is -1.52. The van der Waals surface area contributed by atoms with Crippen molar-refractivity contribution in [1.29, 1.82) is 0 Å². The van der Waals surface area contributed by atoms with Crippen LogP contribution in [-0.4, -0.2) is 64.6 Å². The van der Waals surface area contributed by atoms with Crippen LogP contribution in [0, 0.1) is 5.92 Å². The number of hydrogen-bond acceptors (Lipinski definition) is 4. The van der Waals surface area contributed by atoms with Gasteiger partial charge in [-0.2, -0.15) is 5.10 Å². The number of likely N-dealkylation sites (tertiary alicyclic amines) is 1. The zero-order chi connectivity index (χ0) is 19.2. The van der Waals surface area contributed by atoms with E-state index in [9.17, 15) is 4.79 Å². The number of rotatable bonds is 6. The highest BCUT2D eigenvalue weighted by atomic mass is 127. The Morgan fingerprint density at radius 3 is 2.67 bits per heavy atom. The van der Waals surface area contributed by atoms with Crippen LogP contribution >= 0.6 is 24.0 Å². The summed E-state index contributed by atoms with van der Waals surface area (Å²) in [5.74, 6) is 1.17. The molecular formula is C18H33IN6O2. The second-order valence-electron chi connectivity index (χ2n) is 7.78. The van der Waals surface area contributed by atoms with Crippen molar-refractivity contribution in [3.05, 3.63) is 18.5 Å². The molecule has 1 aliphatic rings. The number of halogens is 1. The zero-order valence-electron chi connectivity index (χ0n) is 16.9. The Labute approximate surface area is 179 Å². The third kappa shape index (κ3) is 8.35. The Morgan fingerprint density at radius 2 is 2.11 bits per heavy atom. The molecule has 1 fully saturated rings. The van der Waals surface area contributed by atoms with Crippen LogP contribution in [-0.2, 0) is 11.3 Å². The minimum absolute atomic E-state index is 0. The largest absolute Gasteiger partial charge is 0.444 e. The third-order valence-electron chi connectivity index (χ3n) is 3.84. The van der Waals surface area contributed by atoms with Crippen molar-refractivity contribution in [2.24, 2.45) is 10.9 Å². The van der Waals surface area contributed by atoms with Crippen molar-refractivity contribution >= 4 is 36.0 Å². The van der Waals surface area contributed by atoms with Crippen LogP contribution in [0.4, 0.5) is 4.79 Å². The molecule has 27 heavy (non-hydrogen) atoms. The summed E-state index contributed by atoms with van der Waals surface area (Å²) >= 11 is 0. The fraction of sp³-hybridized carbons (Fsp3) is 0.722. The molecule has 2 heterocycles. The van der Waals surface area contributed by atoms with E-state index in [4.69, 9.17) is 4.74 Å². The summed E-state index contributed by atoms with van der Waals surface area (Å²) in [6.45, 7) is 13.4. The van der Waals surface area contributed by atoms with Gasteiger partial charge in [-0.05, 0) is 39.7 Å². The SMILES string of the molecule is CCNC(=NCC(C)Cn1cccn1)NC1CN(C(=O)OC(C)(C)C)C1.I. The lowest BCUT2D eigenvalue weighted by molar-refractivity contribution is 0.00701. The van der Waals surface area contributed by atoms with Gasteiger partial charge in [0.15, 0.2) is 5.96 Å². The number of amides is 1. The molecule has 0 aliphatic carbocycles. The summed E-state index contributed by atoms with van der Waals surface area (Å²) in [5.41, 5.74) is -0.462. The predicted octanol–water partition coefficient (Wildman–Crippen LogP) is 2.31. The van der Waals surface area contributed by atoms with Crippen LogP contribution in [0.3, 0.4) is 0 Å². The molecule has 1 aliphatic heterocycles. The van der Waals surface area contributed by atoms with E-state index in [1.807, 2.05) is 44.6 Å². The summed E-state index contributed by atoms with van der Waals surface area (Å²) in [6, 6.07) is 2.12. The van der Waals surface area contributed by atoms with E-state index >= 15 is 0 Å².